The van der Waals surface area contributed by atoms with Crippen molar-refractivity contribution in [3.05, 3.63) is 0 Å². The molecular formula is C14H26N2O2. The zero-order valence-corrected chi connectivity index (χ0v) is 11.9. The third-order valence-corrected chi connectivity index (χ3v) is 5.18. The minimum absolute atomic E-state index is 0.0448. The summed E-state index contributed by atoms with van der Waals surface area (Å²) in [4.78, 5) is 14.3. The highest BCUT2D eigenvalue weighted by atomic mass is 16.3. The van der Waals surface area contributed by atoms with Gasteiger partial charge in [-0.3, -0.25) is 4.79 Å². The van der Waals surface area contributed by atoms with Crippen molar-refractivity contribution in [3.63, 3.8) is 0 Å². The van der Waals surface area contributed by atoms with Gasteiger partial charge in [0.15, 0.2) is 0 Å². The molecule has 3 N–H and O–H groups in total. The smallest absolute Gasteiger partial charge is 0.226 e. The second-order valence-corrected chi connectivity index (χ2v) is 7.10. The van der Waals surface area contributed by atoms with Gasteiger partial charge in [0.2, 0.25) is 5.91 Å². The van der Waals surface area contributed by atoms with Crippen LogP contribution in [0.4, 0.5) is 0 Å². The Morgan fingerprint density at radius 2 is 1.83 bits per heavy atom. The fourth-order valence-electron chi connectivity index (χ4n) is 3.44. The van der Waals surface area contributed by atoms with E-state index in [1.54, 1.807) is 11.8 Å². The van der Waals surface area contributed by atoms with Gasteiger partial charge >= 0.3 is 0 Å². The van der Waals surface area contributed by atoms with E-state index in [1.807, 2.05) is 0 Å². The predicted molar refractivity (Wildman–Crippen MR) is 70.8 cm³/mol. The summed E-state index contributed by atoms with van der Waals surface area (Å²) >= 11 is 0. The zero-order valence-electron chi connectivity index (χ0n) is 11.9. The number of carbonyl (C=O) groups excluding carboxylic acids is 1. The van der Waals surface area contributed by atoms with Crippen LogP contribution in [0.25, 0.3) is 0 Å². The van der Waals surface area contributed by atoms with E-state index in [4.69, 9.17) is 5.73 Å². The minimum Gasteiger partial charge on any atom is -0.386 e. The molecule has 1 aliphatic carbocycles. The molecule has 0 radical (unpaired) electrons. The van der Waals surface area contributed by atoms with Gasteiger partial charge in [0.05, 0.1) is 18.7 Å². The molecule has 1 saturated heterocycles. The molecule has 0 bridgehead atoms. The summed E-state index contributed by atoms with van der Waals surface area (Å²) in [5.41, 5.74) is 5.37. The summed E-state index contributed by atoms with van der Waals surface area (Å²) in [5, 5.41) is 9.74. The molecule has 4 heteroatoms. The van der Waals surface area contributed by atoms with Crippen LogP contribution >= 0.6 is 0 Å². The monoisotopic (exact) mass is 254 g/mol. The van der Waals surface area contributed by atoms with Crippen LogP contribution in [-0.4, -0.2) is 40.6 Å². The predicted octanol–water partition coefficient (Wildman–Crippen LogP) is 0.979. The van der Waals surface area contributed by atoms with E-state index in [0.29, 0.717) is 19.0 Å². The highest BCUT2D eigenvalue weighted by molar-refractivity contribution is 5.81. The fourth-order valence-corrected chi connectivity index (χ4v) is 3.44. The van der Waals surface area contributed by atoms with Crippen molar-refractivity contribution < 1.29 is 9.90 Å². The van der Waals surface area contributed by atoms with Crippen LogP contribution < -0.4 is 5.73 Å². The van der Waals surface area contributed by atoms with Gasteiger partial charge in [-0.25, -0.2) is 0 Å². The Bertz CT molecular complexity index is 344. The number of likely N-dealkylation sites (tertiary alicyclic amines) is 1. The Hall–Kier alpha value is -0.610. The lowest BCUT2D eigenvalue weighted by Gasteiger charge is -2.51. The van der Waals surface area contributed by atoms with Crippen molar-refractivity contribution in [1.82, 2.24) is 4.90 Å². The number of amides is 1. The molecule has 3 unspecified atom stereocenters. The molecule has 18 heavy (non-hydrogen) atoms. The van der Waals surface area contributed by atoms with Crippen molar-refractivity contribution in [3.8, 4) is 0 Å². The zero-order chi connectivity index (χ0) is 13.7. The molecule has 4 nitrogen and oxygen atoms in total. The van der Waals surface area contributed by atoms with Gasteiger partial charge in [-0.1, -0.05) is 20.8 Å². The average molecular weight is 254 g/mol. The molecule has 2 fully saturated rings. The molecule has 0 aromatic heterocycles. The first-order valence-corrected chi connectivity index (χ1v) is 6.92. The highest BCUT2D eigenvalue weighted by Gasteiger charge is 2.49. The van der Waals surface area contributed by atoms with Crippen molar-refractivity contribution in [2.45, 2.75) is 52.2 Å². The van der Waals surface area contributed by atoms with Gasteiger partial charge in [0.25, 0.3) is 0 Å². The van der Waals surface area contributed by atoms with E-state index >= 15 is 0 Å². The number of β-amino-alcohol motifs (C(OH)–C–C–N with tert-alkyl or cyclic N) is 1. The number of aliphatic hydroxyl groups is 1. The third kappa shape index (κ3) is 2.16. The second-order valence-electron chi connectivity index (χ2n) is 7.10. The fraction of sp³-hybridized carbons (Fsp3) is 0.929. The Balaban J connectivity index is 2.07. The van der Waals surface area contributed by atoms with Crippen molar-refractivity contribution in [2.24, 2.45) is 23.0 Å². The van der Waals surface area contributed by atoms with E-state index in [1.165, 1.54) is 0 Å². The second kappa shape index (κ2) is 4.20. The molecule has 0 spiro atoms. The molecule has 104 valence electrons. The summed E-state index contributed by atoms with van der Waals surface area (Å²) in [7, 11) is 0. The number of nitrogens with two attached hydrogens (primary N) is 1. The molecule has 0 aromatic carbocycles. The first-order valence-electron chi connectivity index (χ1n) is 6.92. The van der Waals surface area contributed by atoms with Gasteiger partial charge in [0, 0.05) is 12.0 Å². The van der Waals surface area contributed by atoms with E-state index in [2.05, 4.69) is 20.8 Å². The highest BCUT2D eigenvalue weighted by Crippen LogP contribution is 2.45. The molecule has 1 heterocycles. The molecule has 2 rings (SSSR count). The lowest BCUT2D eigenvalue weighted by atomic mass is 9.60. The van der Waals surface area contributed by atoms with Crippen LogP contribution in [0.1, 0.15) is 40.5 Å². The average Bonchev–Trinajstić information content (AvgIpc) is 2.22. The lowest BCUT2D eigenvalue weighted by molar-refractivity contribution is -0.164. The summed E-state index contributed by atoms with van der Waals surface area (Å²) in [6.45, 7) is 9.17. The normalized spacial score (nSPS) is 38.1. The van der Waals surface area contributed by atoms with E-state index in [0.717, 1.165) is 12.8 Å². The van der Waals surface area contributed by atoms with Gasteiger partial charge in [-0.05, 0) is 31.1 Å². The van der Waals surface area contributed by atoms with Crippen LogP contribution in [0.15, 0.2) is 0 Å². The Labute approximate surface area is 110 Å². The number of nitrogens with zero attached hydrogens (tertiary/aromatic N) is 1. The quantitative estimate of drug-likeness (QED) is 0.733. The molecule has 2 aliphatic rings. The standard InChI is InChI=1S/C14H26N2O2/c1-9-11(15)6-5-10(13(9,2)3)12(17)16-7-14(4,18)8-16/h9-11,18H,5-8,15H2,1-4H3. The number of carbonyl (C=O) groups is 1. The number of hydrogen-bond donors (Lipinski definition) is 2. The molecule has 1 amide bonds. The molecule has 1 saturated carbocycles. The summed E-state index contributed by atoms with van der Waals surface area (Å²) in [6.07, 6.45) is 1.79. The summed E-state index contributed by atoms with van der Waals surface area (Å²) in [5.74, 6) is 0.593. The molecule has 0 aromatic rings. The van der Waals surface area contributed by atoms with Crippen molar-refractivity contribution >= 4 is 5.91 Å². The first-order chi connectivity index (χ1) is 8.15. The minimum atomic E-state index is -0.684. The summed E-state index contributed by atoms with van der Waals surface area (Å²) in [6, 6.07) is 0.198. The van der Waals surface area contributed by atoms with E-state index in [-0.39, 0.29) is 23.3 Å². The van der Waals surface area contributed by atoms with E-state index < -0.39 is 5.60 Å². The van der Waals surface area contributed by atoms with Gasteiger partial charge in [-0.2, -0.15) is 0 Å². The van der Waals surface area contributed by atoms with Crippen LogP contribution in [0.5, 0.6) is 0 Å². The molecule has 1 aliphatic heterocycles. The van der Waals surface area contributed by atoms with Crippen molar-refractivity contribution in [2.75, 3.05) is 13.1 Å². The van der Waals surface area contributed by atoms with Gasteiger partial charge in [0.1, 0.15) is 0 Å². The Kier molecular flexibility index (Phi) is 3.23. The maximum absolute atomic E-state index is 12.5. The maximum Gasteiger partial charge on any atom is 0.226 e. The van der Waals surface area contributed by atoms with Crippen LogP contribution in [0.2, 0.25) is 0 Å². The van der Waals surface area contributed by atoms with Crippen LogP contribution in [0.3, 0.4) is 0 Å². The lowest BCUT2D eigenvalue weighted by Crippen LogP contribution is -2.64. The topological polar surface area (TPSA) is 66.6 Å². The Morgan fingerprint density at radius 1 is 1.28 bits per heavy atom. The first kappa shape index (κ1) is 13.8. The Morgan fingerprint density at radius 3 is 2.33 bits per heavy atom. The van der Waals surface area contributed by atoms with Gasteiger partial charge < -0.3 is 15.7 Å². The summed E-state index contributed by atoms with van der Waals surface area (Å²) < 4.78 is 0. The maximum atomic E-state index is 12.5. The largest absolute Gasteiger partial charge is 0.386 e. The van der Waals surface area contributed by atoms with Crippen LogP contribution in [0, 0.1) is 17.3 Å². The molecular weight excluding hydrogens is 228 g/mol. The van der Waals surface area contributed by atoms with Gasteiger partial charge in [-0.15, -0.1) is 0 Å². The number of rotatable bonds is 1. The number of hydrogen-bond acceptors (Lipinski definition) is 3. The van der Waals surface area contributed by atoms with Crippen molar-refractivity contribution in [1.29, 1.82) is 0 Å². The van der Waals surface area contributed by atoms with E-state index in [9.17, 15) is 9.90 Å². The SMILES string of the molecule is CC1C(N)CCC(C(=O)N2CC(C)(O)C2)C1(C)C. The third-order valence-electron chi connectivity index (χ3n) is 5.18. The van der Waals surface area contributed by atoms with Crippen LogP contribution in [-0.2, 0) is 4.79 Å². The molecule has 3 atom stereocenters.